The molecule has 0 spiro atoms. The van der Waals surface area contributed by atoms with Gasteiger partial charge in [-0.1, -0.05) is 12.1 Å². The number of rotatable bonds is 4. The number of amides is 1. The van der Waals surface area contributed by atoms with Gasteiger partial charge in [0.2, 0.25) is 0 Å². The molecule has 6 nitrogen and oxygen atoms in total. The van der Waals surface area contributed by atoms with E-state index in [0.717, 1.165) is 23.6 Å². The molecule has 3 rings (SSSR count). The first-order chi connectivity index (χ1) is 11.9. The van der Waals surface area contributed by atoms with Crippen LogP contribution in [-0.4, -0.2) is 59.0 Å². The van der Waals surface area contributed by atoms with Gasteiger partial charge in [0, 0.05) is 31.9 Å². The first-order valence-corrected chi connectivity index (χ1v) is 8.58. The minimum atomic E-state index is -0.176. The molecule has 1 unspecified atom stereocenters. The molecule has 1 amide bonds. The molecule has 1 aromatic heterocycles. The Morgan fingerprint density at radius 1 is 1.32 bits per heavy atom. The van der Waals surface area contributed by atoms with Crippen molar-refractivity contribution in [3.8, 4) is 0 Å². The number of carbonyl (C=O) groups excluding carboxylic acids is 1. The Balaban J connectivity index is 1.70. The van der Waals surface area contributed by atoms with Gasteiger partial charge in [0.15, 0.2) is 0 Å². The van der Waals surface area contributed by atoms with Gasteiger partial charge >= 0.3 is 0 Å². The summed E-state index contributed by atoms with van der Waals surface area (Å²) < 4.78 is 7.83. The fourth-order valence-electron chi connectivity index (χ4n) is 3.22. The van der Waals surface area contributed by atoms with Crippen molar-refractivity contribution < 1.29 is 9.53 Å². The Morgan fingerprint density at radius 2 is 2.04 bits per heavy atom. The van der Waals surface area contributed by atoms with Crippen LogP contribution in [0.1, 0.15) is 33.5 Å². The van der Waals surface area contributed by atoms with Gasteiger partial charge in [-0.25, -0.2) is 4.98 Å². The van der Waals surface area contributed by atoms with Crippen LogP contribution < -0.4 is 0 Å². The van der Waals surface area contributed by atoms with E-state index in [2.05, 4.69) is 9.88 Å². The average Bonchev–Trinajstić information content (AvgIpc) is 2.93. The van der Waals surface area contributed by atoms with Gasteiger partial charge in [-0.3, -0.25) is 4.79 Å². The summed E-state index contributed by atoms with van der Waals surface area (Å²) in [4.78, 5) is 21.3. The van der Waals surface area contributed by atoms with Gasteiger partial charge in [-0.15, -0.1) is 0 Å². The molecule has 0 N–H and O–H groups in total. The summed E-state index contributed by atoms with van der Waals surface area (Å²) in [7, 11) is 6.03. The van der Waals surface area contributed by atoms with Crippen LogP contribution in [-0.2, 0) is 18.3 Å². The zero-order valence-corrected chi connectivity index (χ0v) is 15.4. The molecule has 2 aromatic rings. The van der Waals surface area contributed by atoms with E-state index in [4.69, 9.17) is 4.74 Å². The smallest absolute Gasteiger partial charge is 0.254 e. The summed E-state index contributed by atoms with van der Waals surface area (Å²) in [6.07, 6.45) is 1.80. The third kappa shape index (κ3) is 4.08. The lowest BCUT2D eigenvalue weighted by molar-refractivity contribution is -0.0279. The van der Waals surface area contributed by atoms with Crippen LogP contribution in [0.5, 0.6) is 0 Å². The number of morpholine rings is 1. The SMILES string of the molecule is Cc1cn(C)c(C2CN(C(=O)c3ccc(CN(C)C)cc3)CCO2)n1. The predicted molar refractivity (Wildman–Crippen MR) is 96.4 cm³/mol. The molecule has 134 valence electrons. The number of hydrogen-bond donors (Lipinski definition) is 0. The lowest BCUT2D eigenvalue weighted by atomic mass is 10.1. The molecule has 1 aromatic carbocycles. The number of imidazole rings is 1. The van der Waals surface area contributed by atoms with Crippen LogP contribution in [0.2, 0.25) is 0 Å². The van der Waals surface area contributed by atoms with Crippen LogP contribution >= 0.6 is 0 Å². The van der Waals surface area contributed by atoms with Crippen molar-refractivity contribution in [3.63, 3.8) is 0 Å². The maximum Gasteiger partial charge on any atom is 0.254 e. The van der Waals surface area contributed by atoms with Crippen molar-refractivity contribution in [2.45, 2.75) is 19.6 Å². The molecule has 0 aliphatic carbocycles. The summed E-state index contributed by atoms with van der Waals surface area (Å²) in [5.74, 6) is 0.923. The molecular formula is C19H26N4O2. The number of benzene rings is 1. The minimum absolute atomic E-state index is 0.0515. The highest BCUT2D eigenvalue weighted by molar-refractivity contribution is 5.94. The Hall–Kier alpha value is -2.18. The molecule has 1 aliphatic rings. The standard InChI is InChI=1S/C19H26N4O2/c1-14-11-22(4)18(20-14)17-13-23(9-10-25-17)19(24)16-7-5-15(6-8-16)12-21(2)3/h5-8,11,17H,9-10,12-13H2,1-4H3. The van der Waals surface area contributed by atoms with E-state index in [1.165, 1.54) is 5.56 Å². The monoisotopic (exact) mass is 342 g/mol. The highest BCUT2D eigenvalue weighted by Crippen LogP contribution is 2.22. The van der Waals surface area contributed by atoms with Crippen LogP contribution in [0.25, 0.3) is 0 Å². The molecule has 2 heterocycles. The van der Waals surface area contributed by atoms with Gasteiger partial charge in [0.05, 0.1) is 18.8 Å². The Morgan fingerprint density at radius 3 is 2.64 bits per heavy atom. The summed E-state index contributed by atoms with van der Waals surface area (Å²) in [6.45, 7) is 4.50. The van der Waals surface area contributed by atoms with Crippen LogP contribution in [0.3, 0.4) is 0 Å². The highest BCUT2D eigenvalue weighted by Gasteiger charge is 2.28. The second kappa shape index (κ2) is 7.37. The molecule has 25 heavy (non-hydrogen) atoms. The third-order valence-corrected chi connectivity index (χ3v) is 4.37. The molecule has 1 fully saturated rings. The summed E-state index contributed by atoms with van der Waals surface area (Å²) >= 11 is 0. The molecule has 0 radical (unpaired) electrons. The zero-order valence-electron chi connectivity index (χ0n) is 15.4. The van der Waals surface area contributed by atoms with Gasteiger partial charge < -0.3 is 19.1 Å². The molecular weight excluding hydrogens is 316 g/mol. The zero-order chi connectivity index (χ0) is 18.0. The van der Waals surface area contributed by atoms with Gasteiger partial charge in [-0.05, 0) is 38.7 Å². The normalized spacial score (nSPS) is 18.0. The first kappa shape index (κ1) is 17.6. The topological polar surface area (TPSA) is 50.6 Å². The number of hydrogen-bond acceptors (Lipinski definition) is 4. The second-order valence-corrected chi connectivity index (χ2v) is 6.90. The number of aryl methyl sites for hydroxylation is 2. The molecule has 6 heteroatoms. The van der Waals surface area contributed by atoms with Gasteiger partial charge in [0.1, 0.15) is 11.9 Å². The number of carbonyl (C=O) groups is 1. The molecule has 1 atom stereocenters. The molecule has 0 saturated carbocycles. The van der Waals surface area contributed by atoms with Crippen molar-refractivity contribution in [2.24, 2.45) is 7.05 Å². The Kier molecular flexibility index (Phi) is 5.20. The van der Waals surface area contributed by atoms with E-state index in [1.54, 1.807) is 0 Å². The van der Waals surface area contributed by atoms with Crippen molar-refractivity contribution in [2.75, 3.05) is 33.8 Å². The summed E-state index contributed by atoms with van der Waals surface area (Å²) in [5, 5.41) is 0. The lowest BCUT2D eigenvalue weighted by Crippen LogP contribution is -2.42. The van der Waals surface area contributed by atoms with Crippen LogP contribution in [0, 0.1) is 6.92 Å². The third-order valence-electron chi connectivity index (χ3n) is 4.37. The van der Waals surface area contributed by atoms with Crippen molar-refractivity contribution in [1.29, 1.82) is 0 Å². The van der Waals surface area contributed by atoms with E-state index in [9.17, 15) is 4.79 Å². The number of aromatic nitrogens is 2. The maximum absolute atomic E-state index is 12.8. The highest BCUT2D eigenvalue weighted by atomic mass is 16.5. The van der Waals surface area contributed by atoms with Crippen LogP contribution in [0.15, 0.2) is 30.5 Å². The maximum atomic E-state index is 12.8. The first-order valence-electron chi connectivity index (χ1n) is 8.58. The Labute approximate surface area is 149 Å². The van der Waals surface area contributed by atoms with Gasteiger partial charge in [-0.2, -0.15) is 0 Å². The quantitative estimate of drug-likeness (QED) is 0.853. The van der Waals surface area contributed by atoms with Crippen molar-refractivity contribution >= 4 is 5.91 Å². The summed E-state index contributed by atoms with van der Waals surface area (Å²) in [6, 6.07) is 7.87. The average molecular weight is 342 g/mol. The minimum Gasteiger partial charge on any atom is -0.367 e. The molecule has 1 saturated heterocycles. The second-order valence-electron chi connectivity index (χ2n) is 6.90. The fraction of sp³-hybridized carbons (Fsp3) is 0.474. The molecule has 1 aliphatic heterocycles. The van der Waals surface area contributed by atoms with E-state index in [1.807, 2.05) is 68.0 Å². The predicted octanol–water partition coefficient (Wildman–Crippen LogP) is 2.00. The van der Waals surface area contributed by atoms with Crippen LogP contribution in [0.4, 0.5) is 0 Å². The largest absolute Gasteiger partial charge is 0.367 e. The van der Waals surface area contributed by atoms with E-state index in [-0.39, 0.29) is 12.0 Å². The fourth-order valence-corrected chi connectivity index (χ4v) is 3.22. The van der Waals surface area contributed by atoms with E-state index >= 15 is 0 Å². The molecule has 0 bridgehead atoms. The lowest BCUT2D eigenvalue weighted by Gasteiger charge is -2.32. The van der Waals surface area contributed by atoms with Gasteiger partial charge in [0.25, 0.3) is 5.91 Å². The number of nitrogens with zero attached hydrogens (tertiary/aromatic N) is 4. The van der Waals surface area contributed by atoms with E-state index in [0.29, 0.717) is 19.7 Å². The number of ether oxygens (including phenoxy) is 1. The summed E-state index contributed by atoms with van der Waals surface area (Å²) in [5.41, 5.74) is 2.88. The van der Waals surface area contributed by atoms with E-state index < -0.39 is 0 Å². The Bertz CT molecular complexity index is 736. The van der Waals surface area contributed by atoms with Crippen molar-refractivity contribution in [3.05, 3.63) is 53.1 Å². The van der Waals surface area contributed by atoms with Crippen molar-refractivity contribution in [1.82, 2.24) is 19.4 Å².